The van der Waals surface area contributed by atoms with Gasteiger partial charge in [0.05, 0.1) is 12.4 Å². The normalized spacial score (nSPS) is 11.8. The topological polar surface area (TPSA) is 43.6 Å². The Hall–Kier alpha value is -1.92. The Morgan fingerprint density at radius 1 is 1.19 bits per heavy atom. The van der Waals surface area contributed by atoms with Crippen LogP contribution < -0.4 is 0 Å². The van der Waals surface area contributed by atoms with Crippen molar-refractivity contribution in [3.05, 3.63) is 36.0 Å². The van der Waals surface area contributed by atoms with Gasteiger partial charge in [-0.25, -0.2) is 14.6 Å². The van der Waals surface area contributed by atoms with E-state index in [1.54, 1.807) is 13.0 Å². The molecule has 0 aliphatic carbocycles. The lowest BCUT2D eigenvalue weighted by molar-refractivity contribution is -0.141. The second-order valence-electron chi connectivity index (χ2n) is 3.14. The fourth-order valence-corrected chi connectivity index (χ4v) is 1.19. The van der Waals surface area contributed by atoms with Gasteiger partial charge in [0.15, 0.2) is 11.5 Å². The van der Waals surface area contributed by atoms with Crippen molar-refractivity contribution in [1.82, 2.24) is 19.7 Å². The van der Waals surface area contributed by atoms with Gasteiger partial charge in [0.25, 0.3) is 0 Å². The first-order valence-corrected chi connectivity index (χ1v) is 4.39. The molecule has 2 aromatic heterocycles. The maximum Gasteiger partial charge on any atom is 0.434 e. The van der Waals surface area contributed by atoms with Crippen molar-refractivity contribution in [1.29, 1.82) is 0 Å². The Balaban J connectivity index is 2.37. The van der Waals surface area contributed by atoms with Crippen LogP contribution in [0.4, 0.5) is 13.2 Å². The number of rotatable bonds is 1. The van der Waals surface area contributed by atoms with Crippen molar-refractivity contribution < 1.29 is 13.2 Å². The van der Waals surface area contributed by atoms with Gasteiger partial charge in [-0.15, -0.1) is 0 Å². The fourth-order valence-electron chi connectivity index (χ4n) is 1.19. The Bertz CT molecular complexity index is 486. The van der Waals surface area contributed by atoms with Gasteiger partial charge >= 0.3 is 6.18 Å². The van der Waals surface area contributed by atoms with E-state index in [2.05, 4.69) is 15.1 Å². The van der Waals surface area contributed by atoms with Gasteiger partial charge in [-0.1, -0.05) is 0 Å². The second-order valence-corrected chi connectivity index (χ2v) is 3.14. The summed E-state index contributed by atoms with van der Waals surface area (Å²) in [6, 6.07) is 1.72. The molecule has 0 fully saturated rings. The Morgan fingerprint density at radius 2 is 1.94 bits per heavy atom. The van der Waals surface area contributed by atoms with Crippen LogP contribution in [-0.4, -0.2) is 19.7 Å². The largest absolute Gasteiger partial charge is 0.434 e. The van der Waals surface area contributed by atoms with Crippen LogP contribution in [0.1, 0.15) is 11.4 Å². The van der Waals surface area contributed by atoms with E-state index in [9.17, 15) is 13.2 Å². The lowest BCUT2D eigenvalue weighted by Gasteiger charge is -2.06. The molecule has 4 nitrogen and oxygen atoms in total. The number of alkyl halides is 3. The van der Waals surface area contributed by atoms with Gasteiger partial charge in [-0.2, -0.15) is 18.3 Å². The summed E-state index contributed by atoms with van der Waals surface area (Å²) < 4.78 is 38.1. The number of aromatic nitrogens is 4. The van der Waals surface area contributed by atoms with E-state index < -0.39 is 11.9 Å². The third kappa shape index (κ3) is 1.88. The molecule has 0 bridgehead atoms. The van der Waals surface area contributed by atoms with E-state index in [0.717, 1.165) is 11.9 Å². The summed E-state index contributed by atoms with van der Waals surface area (Å²) in [7, 11) is 0. The SMILES string of the molecule is Cc1ccnn1-c1cnc(C(F)(F)F)cn1. The summed E-state index contributed by atoms with van der Waals surface area (Å²) in [5, 5.41) is 3.91. The van der Waals surface area contributed by atoms with Crippen LogP contribution in [-0.2, 0) is 6.18 Å². The fraction of sp³-hybridized carbons (Fsp3) is 0.222. The number of hydrogen-bond acceptors (Lipinski definition) is 3. The summed E-state index contributed by atoms with van der Waals surface area (Å²) in [5.74, 6) is 0.260. The number of hydrogen-bond donors (Lipinski definition) is 0. The van der Waals surface area contributed by atoms with Gasteiger partial charge < -0.3 is 0 Å². The molecule has 0 N–H and O–H groups in total. The van der Waals surface area contributed by atoms with Crippen molar-refractivity contribution in [2.45, 2.75) is 13.1 Å². The molecule has 0 unspecified atom stereocenters. The van der Waals surface area contributed by atoms with Gasteiger partial charge in [-0.05, 0) is 13.0 Å². The average Bonchev–Trinajstić information content (AvgIpc) is 2.63. The minimum Gasteiger partial charge on any atom is -0.246 e. The zero-order valence-corrected chi connectivity index (χ0v) is 8.23. The summed E-state index contributed by atoms with van der Waals surface area (Å²) in [5.41, 5.74) is -0.241. The van der Waals surface area contributed by atoms with Crippen LogP contribution >= 0.6 is 0 Å². The minimum absolute atomic E-state index is 0.260. The molecule has 0 atom stereocenters. The molecule has 7 heteroatoms. The van der Waals surface area contributed by atoms with Crippen LogP contribution in [0.3, 0.4) is 0 Å². The maximum absolute atomic E-state index is 12.2. The molecule has 0 saturated carbocycles. The van der Waals surface area contributed by atoms with Crippen molar-refractivity contribution in [2.24, 2.45) is 0 Å². The lowest BCUT2D eigenvalue weighted by Crippen LogP contribution is -2.10. The summed E-state index contributed by atoms with van der Waals surface area (Å²) in [4.78, 5) is 6.97. The highest BCUT2D eigenvalue weighted by Crippen LogP contribution is 2.26. The van der Waals surface area contributed by atoms with Crippen LogP contribution in [0.5, 0.6) is 0 Å². The first-order chi connectivity index (χ1) is 7.48. The molecule has 0 aromatic carbocycles. The molecule has 16 heavy (non-hydrogen) atoms. The summed E-state index contributed by atoms with van der Waals surface area (Å²) in [6.07, 6.45) is -1.20. The van der Waals surface area contributed by atoms with Gasteiger partial charge in [0.2, 0.25) is 0 Å². The third-order valence-corrected chi connectivity index (χ3v) is 1.98. The second kappa shape index (κ2) is 3.58. The van der Waals surface area contributed by atoms with Crippen LogP contribution in [0.25, 0.3) is 5.82 Å². The quantitative estimate of drug-likeness (QED) is 0.749. The highest BCUT2D eigenvalue weighted by Gasteiger charge is 2.32. The molecule has 2 aromatic rings. The Labute approximate surface area is 88.8 Å². The highest BCUT2D eigenvalue weighted by molar-refractivity contribution is 5.21. The molecular weight excluding hydrogens is 221 g/mol. The molecular formula is C9H7F3N4. The zero-order valence-electron chi connectivity index (χ0n) is 8.23. The van der Waals surface area contributed by atoms with Crippen molar-refractivity contribution in [2.75, 3.05) is 0 Å². The average molecular weight is 228 g/mol. The maximum atomic E-state index is 12.2. The summed E-state index contributed by atoms with van der Waals surface area (Å²) in [6.45, 7) is 1.77. The number of halogens is 3. The molecule has 0 amide bonds. The van der Waals surface area contributed by atoms with Crippen molar-refractivity contribution in [3.63, 3.8) is 0 Å². The smallest absolute Gasteiger partial charge is 0.246 e. The predicted molar refractivity (Wildman–Crippen MR) is 48.9 cm³/mol. The van der Waals surface area contributed by atoms with Crippen molar-refractivity contribution >= 4 is 0 Å². The standard InChI is InChI=1S/C9H7F3N4/c1-6-2-3-15-16(6)8-5-13-7(4-14-8)9(10,11)12/h2-5H,1H3. The zero-order chi connectivity index (χ0) is 11.8. The van der Waals surface area contributed by atoms with Crippen molar-refractivity contribution in [3.8, 4) is 5.82 Å². The number of nitrogens with zero attached hydrogens (tertiary/aromatic N) is 4. The molecule has 0 aliphatic rings. The first-order valence-electron chi connectivity index (χ1n) is 4.39. The van der Waals surface area contributed by atoms with E-state index in [1.807, 2.05) is 0 Å². The molecule has 0 spiro atoms. The minimum atomic E-state index is -4.47. The van der Waals surface area contributed by atoms with Gasteiger partial charge in [-0.3, -0.25) is 0 Å². The lowest BCUT2D eigenvalue weighted by atomic mass is 10.4. The Kier molecular flexibility index (Phi) is 2.37. The van der Waals surface area contributed by atoms with Gasteiger partial charge in [0, 0.05) is 11.9 Å². The molecule has 84 valence electrons. The summed E-state index contributed by atoms with van der Waals surface area (Å²) >= 11 is 0. The predicted octanol–water partition coefficient (Wildman–Crippen LogP) is 1.99. The van der Waals surface area contributed by atoms with Crippen LogP contribution in [0.2, 0.25) is 0 Å². The van der Waals surface area contributed by atoms with Crippen LogP contribution in [0, 0.1) is 6.92 Å². The van der Waals surface area contributed by atoms with Gasteiger partial charge in [0.1, 0.15) is 0 Å². The molecule has 2 heterocycles. The molecule has 0 aliphatic heterocycles. The third-order valence-electron chi connectivity index (χ3n) is 1.98. The monoisotopic (exact) mass is 228 g/mol. The first kappa shape index (κ1) is 10.6. The Morgan fingerprint density at radius 3 is 2.38 bits per heavy atom. The van der Waals surface area contributed by atoms with E-state index in [1.165, 1.54) is 10.9 Å². The molecule has 0 radical (unpaired) electrons. The van der Waals surface area contributed by atoms with E-state index in [-0.39, 0.29) is 5.82 Å². The van der Waals surface area contributed by atoms with E-state index in [0.29, 0.717) is 6.20 Å². The molecule has 0 saturated heterocycles. The molecule has 2 rings (SSSR count). The number of aryl methyl sites for hydroxylation is 1. The van der Waals surface area contributed by atoms with E-state index in [4.69, 9.17) is 0 Å². The van der Waals surface area contributed by atoms with E-state index >= 15 is 0 Å². The highest BCUT2D eigenvalue weighted by atomic mass is 19.4. The van der Waals surface area contributed by atoms with Crippen LogP contribution in [0.15, 0.2) is 24.7 Å².